The second-order valence-electron chi connectivity index (χ2n) is 9.18. The van der Waals surface area contributed by atoms with Gasteiger partial charge in [-0.1, -0.05) is 35.5 Å². The molecule has 1 atom stereocenters. The summed E-state index contributed by atoms with van der Waals surface area (Å²) in [5.74, 6) is -1.48. The van der Waals surface area contributed by atoms with E-state index < -0.39 is 17.2 Å². The average molecular weight is 608 g/mol. The summed E-state index contributed by atoms with van der Waals surface area (Å²) in [7, 11) is 0. The lowest BCUT2D eigenvalue weighted by molar-refractivity contribution is -0.129. The van der Waals surface area contributed by atoms with E-state index in [9.17, 15) is 19.2 Å². The van der Waals surface area contributed by atoms with Gasteiger partial charge in [-0.3, -0.25) is 14.5 Å². The van der Waals surface area contributed by atoms with Gasteiger partial charge in [0.05, 0.1) is 30.0 Å². The van der Waals surface area contributed by atoms with Crippen molar-refractivity contribution in [3.63, 3.8) is 0 Å². The summed E-state index contributed by atoms with van der Waals surface area (Å²) in [6, 6.07) is 20.3. The van der Waals surface area contributed by atoms with Crippen LogP contribution in [0.3, 0.4) is 0 Å². The molecular formula is C31H30ClN3O6S. The van der Waals surface area contributed by atoms with Crippen molar-refractivity contribution in [1.29, 1.82) is 0 Å². The van der Waals surface area contributed by atoms with E-state index in [1.807, 2.05) is 12.1 Å². The van der Waals surface area contributed by atoms with Crippen LogP contribution < -0.4 is 5.32 Å². The van der Waals surface area contributed by atoms with Crippen molar-refractivity contribution in [1.82, 2.24) is 4.90 Å². The van der Waals surface area contributed by atoms with Crippen LogP contribution >= 0.6 is 23.4 Å². The fourth-order valence-electron chi connectivity index (χ4n) is 4.08. The first-order valence-electron chi connectivity index (χ1n) is 13.4. The molecular weight excluding hydrogens is 578 g/mol. The maximum absolute atomic E-state index is 13.4. The standard InChI is InChI=1S/C31H30ClN3O6S/c1-3-40-29(38)21-7-13-24(14-8-21)33-28(37)26-19-27(36)35(18-17-20-5-11-23(32)12-6-20)31(42-26)34-25-15-9-22(10-16-25)30(39)41-4-2/h5-16,26H,3-4,17-19H2,1-2H3,(H,33,37)/t26-/m0/s1. The smallest absolute Gasteiger partial charge is 0.338 e. The molecule has 9 nitrogen and oxygen atoms in total. The summed E-state index contributed by atoms with van der Waals surface area (Å²) in [5.41, 5.74) is 2.77. The van der Waals surface area contributed by atoms with Gasteiger partial charge in [0, 0.05) is 23.7 Å². The zero-order valence-corrected chi connectivity index (χ0v) is 24.7. The molecule has 0 bridgehead atoms. The average Bonchev–Trinajstić information content (AvgIpc) is 2.98. The molecule has 1 fully saturated rings. The molecule has 3 aromatic rings. The number of nitrogens with zero attached hydrogens (tertiary/aromatic N) is 2. The van der Waals surface area contributed by atoms with Crippen molar-refractivity contribution in [3.05, 3.63) is 94.5 Å². The Morgan fingerprint density at radius 2 is 1.48 bits per heavy atom. The van der Waals surface area contributed by atoms with Crippen LogP contribution in [-0.4, -0.2) is 58.8 Å². The lowest BCUT2D eigenvalue weighted by Gasteiger charge is -2.32. The van der Waals surface area contributed by atoms with E-state index in [0.29, 0.717) is 45.7 Å². The predicted octanol–water partition coefficient (Wildman–Crippen LogP) is 5.90. The van der Waals surface area contributed by atoms with Gasteiger partial charge in [-0.2, -0.15) is 0 Å². The molecule has 0 radical (unpaired) electrons. The highest BCUT2D eigenvalue weighted by molar-refractivity contribution is 8.15. The number of amidine groups is 1. The number of rotatable bonds is 10. The van der Waals surface area contributed by atoms with Crippen LogP contribution in [-0.2, 0) is 25.5 Å². The molecule has 11 heteroatoms. The van der Waals surface area contributed by atoms with Gasteiger partial charge in [0.2, 0.25) is 11.8 Å². The van der Waals surface area contributed by atoms with Crippen molar-refractivity contribution in [2.45, 2.75) is 31.9 Å². The van der Waals surface area contributed by atoms with Gasteiger partial charge in [0.25, 0.3) is 0 Å². The van der Waals surface area contributed by atoms with Crippen molar-refractivity contribution >= 4 is 63.7 Å². The van der Waals surface area contributed by atoms with Gasteiger partial charge in [-0.25, -0.2) is 14.6 Å². The van der Waals surface area contributed by atoms with E-state index in [-0.39, 0.29) is 31.4 Å². The van der Waals surface area contributed by atoms with Crippen LogP contribution in [0.1, 0.15) is 46.5 Å². The summed E-state index contributed by atoms with van der Waals surface area (Å²) in [6.07, 6.45) is 0.548. The first-order valence-corrected chi connectivity index (χ1v) is 14.7. The quantitative estimate of drug-likeness (QED) is 0.286. The molecule has 4 rings (SSSR count). The topological polar surface area (TPSA) is 114 Å². The number of carbonyl (C=O) groups is 4. The van der Waals surface area contributed by atoms with Crippen LogP contribution in [0.2, 0.25) is 5.02 Å². The first kappa shape index (κ1) is 30.8. The number of hydrogen-bond acceptors (Lipinski definition) is 8. The molecule has 42 heavy (non-hydrogen) atoms. The summed E-state index contributed by atoms with van der Waals surface area (Å²) < 4.78 is 10.0. The minimum Gasteiger partial charge on any atom is -0.462 e. The largest absolute Gasteiger partial charge is 0.462 e. The molecule has 2 amide bonds. The van der Waals surface area contributed by atoms with Crippen LogP contribution in [0.4, 0.5) is 11.4 Å². The van der Waals surface area contributed by atoms with Crippen molar-refractivity contribution < 1.29 is 28.7 Å². The molecule has 1 saturated heterocycles. The molecule has 218 valence electrons. The molecule has 1 N–H and O–H groups in total. The molecule has 0 saturated carbocycles. The number of carbonyl (C=O) groups excluding carboxylic acids is 4. The Morgan fingerprint density at radius 1 is 0.905 bits per heavy atom. The second kappa shape index (κ2) is 14.7. The number of benzene rings is 3. The molecule has 0 unspecified atom stereocenters. The number of anilines is 1. The third-order valence-corrected chi connectivity index (χ3v) is 7.68. The molecule has 0 spiro atoms. The fraction of sp³-hybridized carbons (Fsp3) is 0.258. The second-order valence-corrected chi connectivity index (χ2v) is 10.8. The number of thioether (sulfide) groups is 1. The summed E-state index contributed by atoms with van der Waals surface area (Å²) in [6.45, 7) is 4.35. The minimum absolute atomic E-state index is 0.0150. The lowest BCUT2D eigenvalue weighted by Crippen LogP contribution is -2.46. The Bertz CT molecular complexity index is 1460. The Morgan fingerprint density at radius 3 is 2.05 bits per heavy atom. The number of esters is 2. The van der Waals surface area contributed by atoms with E-state index in [1.54, 1.807) is 79.4 Å². The number of hydrogen-bond donors (Lipinski definition) is 1. The lowest BCUT2D eigenvalue weighted by atomic mass is 10.1. The summed E-state index contributed by atoms with van der Waals surface area (Å²) in [5, 5.41) is 3.10. The third kappa shape index (κ3) is 8.20. The van der Waals surface area contributed by atoms with E-state index in [4.69, 9.17) is 26.1 Å². The molecule has 1 aliphatic heterocycles. The van der Waals surface area contributed by atoms with Gasteiger partial charge < -0.3 is 14.8 Å². The number of aliphatic imine (C=N–C) groups is 1. The van der Waals surface area contributed by atoms with Gasteiger partial charge in [0.15, 0.2) is 5.17 Å². The zero-order valence-electron chi connectivity index (χ0n) is 23.2. The predicted molar refractivity (Wildman–Crippen MR) is 163 cm³/mol. The monoisotopic (exact) mass is 607 g/mol. The Labute approximate surface area is 253 Å². The van der Waals surface area contributed by atoms with Gasteiger partial charge in [0.1, 0.15) is 5.25 Å². The summed E-state index contributed by atoms with van der Waals surface area (Å²) >= 11 is 7.20. The van der Waals surface area contributed by atoms with Gasteiger partial charge >= 0.3 is 11.9 Å². The SMILES string of the molecule is CCOC(=O)c1ccc(N=C2S[C@H](C(=O)Nc3ccc(C(=O)OCC)cc3)CC(=O)N2CCc2ccc(Cl)cc2)cc1. The van der Waals surface area contributed by atoms with Crippen LogP contribution in [0.25, 0.3) is 0 Å². The number of nitrogens with one attached hydrogen (secondary N) is 1. The van der Waals surface area contributed by atoms with Crippen molar-refractivity contribution in [2.75, 3.05) is 25.1 Å². The first-order chi connectivity index (χ1) is 20.3. The molecule has 1 heterocycles. The molecule has 3 aromatic carbocycles. The highest BCUT2D eigenvalue weighted by Gasteiger charge is 2.36. The molecule has 0 aliphatic carbocycles. The van der Waals surface area contributed by atoms with Crippen molar-refractivity contribution in [3.8, 4) is 0 Å². The Balaban J connectivity index is 1.52. The molecule has 1 aliphatic rings. The molecule has 0 aromatic heterocycles. The Kier molecular flexibility index (Phi) is 10.7. The van der Waals surface area contributed by atoms with Gasteiger partial charge in [-0.05, 0) is 86.5 Å². The number of halogens is 1. The summed E-state index contributed by atoms with van der Waals surface area (Å²) in [4.78, 5) is 56.8. The van der Waals surface area contributed by atoms with E-state index in [1.165, 1.54) is 11.8 Å². The van der Waals surface area contributed by atoms with E-state index in [2.05, 4.69) is 5.32 Å². The zero-order chi connectivity index (χ0) is 30.1. The maximum Gasteiger partial charge on any atom is 0.338 e. The van der Waals surface area contributed by atoms with Crippen LogP contribution in [0.15, 0.2) is 77.8 Å². The normalized spacial score (nSPS) is 15.8. The third-order valence-electron chi connectivity index (χ3n) is 6.24. The highest BCUT2D eigenvalue weighted by atomic mass is 35.5. The van der Waals surface area contributed by atoms with E-state index in [0.717, 1.165) is 5.56 Å². The maximum atomic E-state index is 13.4. The van der Waals surface area contributed by atoms with E-state index >= 15 is 0 Å². The highest BCUT2D eigenvalue weighted by Crippen LogP contribution is 2.30. The van der Waals surface area contributed by atoms with Crippen molar-refractivity contribution in [2.24, 2.45) is 4.99 Å². The van der Waals surface area contributed by atoms with Crippen LogP contribution in [0.5, 0.6) is 0 Å². The van der Waals surface area contributed by atoms with Crippen LogP contribution in [0, 0.1) is 0 Å². The van der Waals surface area contributed by atoms with Gasteiger partial charge in [-0.15, -0.1) is 0 Å². The Hall–Kier alpha value is -4.15. The number of ether oxygens (including phenoxy) is 2. The number of amides is 2. The fourth-order valence-corrected chi connectivity index (χ4v) is 5.33. The minimum atomic E-state index is -0.730.